The minimum atomic E-state index is -3.02. The van der Waals surface area contributed by atoms with E-state index in [0.717, 1.165) is 11.8 Å². The molecule has 1 N–H and O–H groups in total. The van der Waals surface area contributed by atoms with Gasteiger partial charge in [0.1, 0.15) is 0 Å². The Bertz CT molecular complexity index is 784. The smallest absolute Gasteiger partial charge is 0.284 e. The van der Waals surface area contributed by atoms with Crippen LogP contribution in [0.5, 0.6) is 0 Å². The van der Waals surface area contributed by atoms with Crippen molar-refractivity contribution in [2.24, 2.45) is 0 Å². The number of nitrogens with zero attached hydrogens (tertiary/aromatic N) is 2. The quantitative estimate of drug-likeness (QED) is 0.791. The number of hydrogen-bond acceptors (Lipinski definition) is 8. The standard InChI is InChI=1S/C13H15N3O5S2/c1-8(11(17)14-9-4-6-23(18,19)7-9)22-13-16-15-12(21-13)10-3-2-5-20-10/h2-3,5,8-9H,4,6-7H2,1H3,(H,14,17)/t8-,9+/m1/s1. The molecule has 8 nitrogen and oxygen atoms in total. The number of thioether (sulfide) groups is 1. The number of carbonyl (C=O) groups excluding carboxylic acids is 1. The third kappa shape index (κ3) is 3.94. The highest BCUT2D eigenvalue weighted by Gasteiger charge is 2.30. The fourth-order valence-corrected chi connectivity index (χ4v) is 4.56. The van der Waals surface area contributed by atoms with E-state index in [1.807, 2.05) is 0 Å². The van der Waals surface area contributed by atoms with Crippen LogP contribution >= 0.6 is 11.8 Å². The number of aromatic nitrogens is 2. The third-order valence-corrected chi connectivity index (χ3v) is 6.07. The first-order valence-corrected chi connectivity index (χ1v) is 9.68. The first-order valence-electron chi connectivity index (χ1n) is 6.98. The van der Waals surface area contributed by atoms with Crippen LogP contribution in [0.1, 0.15) is 13.3 Å². The number of rotatable bonds is 5. The maximum atomic E-state index is 12.1. The van der Waals surface area contributed by atoms with Crippen molar-refractivity contribution >= 4 is 27.5 Å². The van der Waals surface area contributed by atoms with Gasteiger partial charge >= 0.3 is 0 Å². The molecule has 2 aromatic rings. The molecule has 1 amide bonds. The Labute approximate surface area is 136 Å². The van der Waals surface area contributed by atoms with E-state index in [2.05, 4.69) is 15.5 Å². The fourth-order valence-electron chi connectivity index (χ4n) is 2.19. The highest BCUT2D eigenvalue weighted by Crippen LogP contribution is 2.26. The lowest BCUT2D eigenvalue weighted by Gasteiger charge is -2.14. The van der Waals surface area contributed by atoms with Gasteiger partial charge in [0.15, 0.2) is 15.6 Å². The van der Waals surface area contributed by atoms with E-state index in [-0.39, 0.29) is 34.6 Å². The van der Waals surface area contributed by atoms with Crippen molar-refractivity contribution < 1.29 is 22.0 Å². The molecule has 0 radical (unpaired) electrons. The first-order chi connectivity index (χ1) is 10.9. The second kappa shape index (κ2) is 6.36. The van der Waals surface area contributed by atoms with Gasteiger partial charge in [0.25, 0.3) is 11.1 Å². The average molecular weight is 357 g/mol. The number of hydrogen-bond donors (Lipinski definition) is 1. The zero-order valence-electron chi connectivity index (χ0n) is 12.3. The van der Waals surface area contributed by atoms with Crippen LogP contribution in [0.25, 0.3) is 11.7 Å². The number of furan rings is 1. The Morgan fingerprint density at radius 1 is 1.48 bits per heavy atom. The lowest BCUT2D eigenvalue weighted by molar-refractivity contribution is -0.120. The molecule has 124 valence electrons. The summed E-state index contributed by atoms with van der Waals surface area (Å²) in [4.78, 5) is 12.1. The van der Waals surface area contributed by atoms with E-state index < -0.39 is 15.1 Å². The maximum absolute atomic E-state index is 12.1. The number of carbonyl (C=O) groups is 1. The fraction of sp³-hybridized carbons (Fsp3) is 0.462. The highest BCUT2D eigenvalue weighted by atomic mass is 32.2. The Kier molecular flexibility index (Phi) is 4.44. The summed E-state index contributed by atoms with van der Waals surface area (Å²) in [5.41, 5.74) is 0. The summed E-state index contributed by atoms with van der Waals surface area (Å²) in [6.07, 6.45) is 1.95. The Morgan fingerprint density at radius 3 is 2.96 bits per heavy atom. The summed E-state index contributed by atoms with van der Waals surface area (Å²) >= 11 is 1.11. The van der Waals surface area contributed by atoms with E-state index >= 15 is 0 Å². The Morgan fingerprint density at radius 2 is 2.30 bits per heavy atom. The second-order valence-electron chi connectivity index (χ2n) is 5.22. The third-order valence-electron chi connectivity index (χ3n) is 3.36. The molecular formula is C13H15N3O5S2. The molecule has 0 aromatic carbocycles. The molecule has 3 rings (SSSR count). The molecule has 1 fully saturated rings. The Balaban J connectivity index is 1.56. The number of nitrogens with one attached hydrogen (secondary N) is 1. The second-order valence-corrected chi connectivity index (χ2v) is 8.74. The van der Waals surface area contributed by atoms with Gasteiger partial charge in [-0.05, 0) is 25.5 Å². The molecule has 1 aliphatic heterocycles. The number of sulfone groups is 1. The molecule has 0 bridgehead atoms. The van der Waals surface area contributed by atoms with Gasteiger partial charge in [-0.25, -0.2) is 8.42 Å². The largest absolute Gasteiger partial charge is 0.459 e. The van der Waals surface area contributed by atoms with E-state index in [0.29, 0.717) is 12.2 Å². The molecule has 0 aliphatic carbocycles. The van der Waals surface area contributed by atoms with Crippen LogP contribution in [0.2, 0.25) is 0 Å². The average Bonchev–Trinajstić information content (AvgIpc) is 3.19. The normalized spacial score (nSPS) is 21.2. The van der Waals surface area contributed by atoms with Gasteiger partial charge in [-0.2, -0.15) is 0 Å². The van der Waals surface area contributed by atoms with E-state index in [1.54, 1.807) is 19.1 Å². The molecule has 23 heavy (non-hydrogen) atoms. The molecule has 10 heteroatoms. The first kappa shape index (κ1) is 16.1. The van der Waals surface area contributed by atoms with Crippen molar-refractivity contribution in [3.8, 4) is 11.7 Å². The van der Waals surface area contributed by atoms with Crippen LogP contribution < -0.4 is 5.32 Å². The van der Waals surface area contributed by atoms with Gasteiger partial charge in [0.2, 0.25) is 5.91 Å². The van der Waals surface area contributed by atoms with Crippen molar-refractivity contribution in [1.29, 1.82) is 0 Å². The van der Waals surface area contributed by atoms with Gasteiger partial charge in [0.05, 0.1) is 23.0 Å². The molecule has 2 aromatic heterocycles. The van der Waals surface area contributed by atoms with Crippen LogP contribution in [0, 0.1) is 0 Å². The predicted molar refractivity (Wildman–Crippen MR) is 82.5 cm³/mol. The minimum absolute atomic E-state index is 0.000669. The summed E-state index contributed by atoms with van der Waals surface area (Å²) in [5.74, 6) is 0.564. The van der Waals surface area contributed by atoms with Crippen molar-refractivity contribution in [2.45, 2.75) is 29.9 Å². The van der Waals surface area contributed by atoms with Gasteiger partial charge in [-0.1, -0.05) is 11.8 Å². The summed E-state index contributed by atoms with van der Waals surface area (Å²) < 4.78 is 33.4. The molecular weight excluding hydrogens is 342 g/mol. The van der Waals surface area contributed by atoms with Gasteiger partial charge in [-0.15, -0.1) is 10.2 Å². The molecule has 1 aliphatic rings. The van der Waals surface area contributed by atoms with E-state index in [9.17, 15) is 13.2 Å². The zero-order valence-corrected chi connectivity index (χ0v) is 13.9. The van der Waals surface area contributed by atoms with Gasteiger partial charge in [-0.3, -0.25) is 4.79 Å². The summed E-state index contributed by atoms with van der Waals surface area (Å²) in [6, 6.07) is 3.08. The highest BCUT2D eigenvalue weighted by molar-refractivity contribution is 8.00. The van der Waals surface area contributed by atoms with Crippen LogP contribution in [0.3, 0.4) is 0 Å². The topological polar surface area (TPSA) is 115 Å². The monoisotopic (exact) mass is 357 g/mol. The van der Waals surface area contributed by atoms with Crippen molar-refractivity contribution in [1.82, 2.24) is 15.5 Å². The molecule has 0 spiro atoms. The number of amides is 1. The summed E-state index contributed by atoms with van der Waals surface area (Å²) in [5, 5.41) is 10.2. The molecule has 0 saturated carbocycles. The van der Waals surface area contributed by atoms with Crippen molar-refractivity contribution in [3.05, 3.63) is 18.4 Å². The van der Waals surface area contributed by atoms with Crippen LogP contribution in [0.4, 0.5) is 0 Å². The lowest BCUT2D eigenvalue weighted by atomic mass is 10.2. The predicted octanol–water partition coefficient (Wildman–Crippen LogP) is 1.11. The van der Waals surface area contributed by atoms with Crippen molar-refractivity contribution in [2.75, 3.05) is 11.5 Å². The molecule has 1 saturated heterocycles. The zero-order chi connectivity index (χ0) is 16.4. The molecule has 3 heterocycles. The van der Waals surface area contributed by atoms with Crippen LogP contribution in [-0.2, 0) is 14.6 Å². The van der Waals surface area contributed by atoms with Crippen LogP contribution in [-0.4, -0.2) is 47.3 Å². The van der Waals surface area contributed by atoms with Gasteiger partial charge in [0, 0.05) is 6.04 Å². The lowest BCUT2D eigenvalue weighted by Crippen LogP contribution is -2.39. The van der Waals surface area contributed by atoms with Gasteiger partial charge < -0.3 is 14.2 Å². The van der Waals surface area contributed by atoms with E-state index in [1.165, 1.54) is 6.26 Å². The SMILES string of the molecule is C[C@@H](Sc1nnc(-c2ccco2)o1)C(=O)N[C@H]1CCS(=O)(=O)C1. The summed E-state index contributed by atoms with van der Waals surface area (Å²) in [6.45, 7) is 1.69. The van der Waals surface area contributed by atoms with Crippen molar-refractivity contribution in [3.63, 3.8) is 0 Å². The Hall–Kier alpha value is -1.81. The van der Waals surface area contributed by atoms with E-state index in [4.69, 9.17) is 8.83 Å². The maximum Gasteiger partial charge on any atom is 0.284 e. The minimum Gasteiger partial charge on any atom is -0.459 e. The summed E-state index contributed by atoms with van der Waals surface area (Å²) in [7, 11) is -3.02. The molecule has 0 unspecified atom stereocenters. The van der Waals surface area contributed by atoms with Crippen LogP contribution in [0.15, 0.2) is 32.5 Å². The molecule has 2 atom stereocenters.